The van der Waals surface area contributed by atoms with Crippen molar-refractivity contribution in [2.75, 3.05) is 11.4 Å². The molecule has 96 valence electrons. The molecule has 2 aromatic heterocycles. The van der Waals surface area contributed by atoms with Crippen LogP contribution in [0.4, 0.5) is 5.95 Å². The molecule has 1 aliphatic heterocycles. The zero-order valence-electron chi connectivity index (χ0n) is 10.5. The van der Waals surface area contributed by atoms with E-state index in [4.69, 9.17) is 11.6 Å². The van der Waals surface area contributed by atoms with Crippen molar-refractivity contribution >= 4 is 23.2 Å². The summed E-state index contributed by atoms with van der Waals surface area (Å²) in [6, 6.07) is 0.480. The first-order chi connectivity index (χ1) is 8.66. The summed E-state index contributed by atoms with van der Waals surface area (Å²) in [4.78, 5) is 6.32. The van der Waals surface area contributed by atoms with Gasteiger partial charge in [-0.3, -0.25) is 4.40 Å². The predicted octanol–water partition coefficient (Wildman–Crippen LogP) is 2.40. The fraction of sp³-hybridized carbons (Fsp3) is 0.583. The van der Waals surface area contributed by atoms with E-state index in [1.54, 1.807) is 6.20 Å². The van der Waals surface area contributed by atoms with Crippen LogP contribution in [0.5, 0.6) is 0 Å². The van der Waals surface area contributed by atoms with Gasteiger partial charge in [-0.2, -0.15) is 0 Å². The van der Waals surface area contributed by atoms with Gasteiger partial charge in [-0.1, -0.05) is 18.5 Å². The highest BCUT2D eigenvalue weighted by Gasteiger charge is 2.26. The lowest BCUT2D eigenvalue weighted by Crippen LogP contribution is -2.41. The summed E-state index contributed by atoms with van der Waals surface area (Å²) >= 11 is 6.02. The minimum atomic E-state index is 0.397. The first-order valence-corrected chi connectivity index (χ1v) is 6.66. The third-order valence-corrected chi connectivity index (χ3v) is 3.93. The van der Waals surface area contributed by atoms with Gasteiger partial charge in [0, 0.05) is 25.0 Å². The average Bonchev–Trinajstić information content (AvgIpc) is 2.74. The number of anilines is 1. The molecular formula is C12H16ClN5. The fourth-order valence-electron chi connectivity index (χ4n) is 2.68. The molecule has 0 saturated carbocycles. The lowest BCUT2D eigenvalue weighted by molar-refractivity contribution is 0.373. The highest BCUT2D eigenvalue weighted by molar-refractivity contribution is 6.32. The lowest BCUT2D eigenvalue weighted by Gasteiger charge is -2.36. The van der Waals surface area contributed by atoms with Gasteiger partial charge in [0.25, 0.3) is 0 Å². The molecule has 18 heavy (non-hydrogen) atoms. The van der Waals surface area contributed by atoms with Crippen molar-refractivity contribution in [2.45, 2.75) is 32.7 Å². The van der Waals surface area contributed by atoms with E-state index in [2.05, 4.69) is 33.9 Å². The maximum absolute atomic E-state index is 6.02. The number of hydrogen-bond acceptors (Lipinski definition) is 4. The highest BCUT2D eigenvalue weighted by atomic mass is 35.5. The molecule has 2 atom stereocenters. The van der Waals surface area contributed by atoms with Crippen LogP contribution in [0.15, 0.2) is 12.4 Å². The lowest BCUT2D eigenvalue weighted by atomic mass is 9.94. The summed E-state index contributed by atoms with van der Waals surface area (Å²) in [6.07, 6.45) is 5.92. The standard InChI is InChI=1S/C12H16ClN5/c1-8-3-5-17(9(2)7-8)12-16-15-11-10(13)14-4-6-18(11)12/h4,6,8-9H,3,5,7H2,1-2H3. The van der Waals surface area contributed by atoms with E-state index in [1.165, 1.54) is 12.8 Å². The molecule has 0 N–H and O–H groups in total. The van der Waals surface area contributed by atoms with Crippen LogP contribution in [0.1, 0.15) is 26.7 Å². The van der Waals surface area contributed by atoms with Crippen molar-refractivity contribution in [1.82, 2.24) is 19.6 Å². The second-order valence-corrected chi connectivity index (χ2v) is 5.44. The molecule has 0 radical (unpaired) electrons. The second kappa shape index (κ2) is 4.39. The third-order valence-electron chi connectivity index (χ3n) is 3.66. The topological polar surface area (TPSA) is 46.3 Å². The van der Waals surface area contributed by atoms with Crippen LogP contribution in [0.3, 0.4) is 0 Å². The van der Waals surface area contributed by atoms with Crippen LogP contribution >= 0.6 is 11.6 Å². The number of halogens is 1. The molecule has 2 unspecified atom stereocenters. The van der Waals surface area contributed by atoms with Gasteiger partial charge in [-0.25, -0.2) is 4.98 Å². The molecule has 0 amide bonds. The van der Waals surface area contributed by atoms with Crippen LogP contribution in [0.2, 0.25) is 5.15 Å². The SMILES string of the molecule is CC1CCN(c2nnc3c(Cl)nccn23)C(C)C1. The molecule has 1 aliphatic rings. The smallest absolute Gasteiger partial charge is 0.232 e. The van der Waals surface area contributed by atoms with Gasteiger partial charge < -0.3 is 4.90 Å². The van der Waals surface area contributed by atoms with Crippen molar-refractivity contribution in [2.24, 2.45) is 5.92 Å². The first kappa shape index (κ1) is 11.7. The van der Waals surface area contributed by atoms with Crippen LogP contribution < -0.4 is 4.90 Å². The van der Waals surface area contributed by atoms with Crippen LogP contribution in [-0.4, -0.2) is 32.2 Å². The van der Waals surface area contributed by atoms with Crippen LogP contribution in [0.25, 0.3) is 5.65 Å². The van der Waals surface area contributed by atoms with Crippen LogP contribution in [0, 0.1) is 5.92 Å². The average molecular weight is 266 g/mol. The number of aromatic nitrogens is 4. The number of hydrogen-bond donors (Lipinski definition) is 0. The van der Waals surface area contributed by atoms with Gasteiger partial charge in [0.15, 0.2) is 10.8 Å². The van der Waals surface area contributed by atoms with Gasteiger partial charge >= 0.3 is 0 Å². The molecule has 3 heterocycles. The zero-order chi connectivity index (χ0) is 12.7. The predicted molar refractivity (Wildman–Crippen MR) is 71.0 cm³/mol. The summed E-state index contributed by atoms with van der Waals surface area (Å²) < 4.78 is 1.92. The number of fused-ring (bicyclic) bond motifs is 1. The van der Waals surface area contributed by atoms with Gasteiger partial charge in [0.1, 0.15) is 0 Å². The molecule has 1 saturated heterocycles. The molecule has 0 aromatic carbocycles. The normalized spacial score (nSPS) is 24.7. The molecule has 3 rings (SSSR count). The number of nitrogens with zero attached hydrogens (tertiary/aromatic N) is 5. The molecule has 0 spiro atoms. The van der Waals surface area contributed by atoms with Crippen molar-refractivity contribution in [3.05, 3.63) is 17.5 Å². The summed E-state index contributed by atoms with van der Waals surface area (Å²) in [5, 5.41) is 8.79. The Kier molecular flexibility index (Phi) is 2.86. The van der Waals surface area contributed by atoms with E-state index >= 15 is 0 Å². The second-order valence-electron chi connectivity index (χ2n) is 5.08. The number of piperidine rings is 1. The van der Waals surface area contributed by atoms with Gasteiger partial charge in [0.05, 0.1) is 0 Å². The van der Waals surface area contributed by atoms with E-state index in [9.17, 15) is 0 Å². The quantitative estimate of drug-likeness (QED) is 0.794. The number of rotatable bonds is 1. The van der Waals surface area contributed by atoms with Crippen molar-refractivity contribution in [1.29, 1.82) is 0 Å². The third kappa shape index (κ3) is 1.82. The summed E-state index contributed by atoms with van der Waals surface area (Å²) in [7, 11) is 0. The van der Waals surface area contributed by atoms with Crippen LogP contribution in [-0.2, 0) is 0 Å². The largest absolute Gasteiger partial charge is 0.338 e. The van der Waals surface area contributed by atoms with Gasteiger partial charge in [-0.15, -0.1) is 10.2 Å². The summed E-state index contributed by atoms with van der Waals surface area (Å²) in [5.74, 6) is 1.65. The van der Waals surface area contributed by atoms with Crippen molar-refractivity contribution < 1.29 is 0 Å². The minimum Gasteiger partial charge on any atom is -0.338 e. The van der Waals surface area contributed by atoms with E-state index in [-0.39, 0.29) is 0 Å². The van der Waals surface area contributed by atoms with Gasteiger partial charge in [-0.05, 0) is 25.7 Å². The Bertz CT molecular complexity index is 567. The zero-order valence-corrected chi connectivity index (χ0v) is 11.3. The first-order valence-electron chi connectivity index (χ1n) is 6.28. The summed E-state index contributed by atoms with van der Waals surface area (Å²) in [5.41, 5.74) is 0.625. The molecule has 6 heteroatoms. The molecular weight excluding hydrogens is 250 g/mol. The Hall–Kier alpha value is -1.36. The Labute approximate surface area is 111 Å². The Balaban J connectivity index is 2.02. The highest BCUT2D eigenvalue weighted by Crippen LogP contribution is 2.27. The maximum atomic E-state index is 6.02. The molecule has 0 aliphatic carbocycles. The Morgan fingerprint density at radius 3 is 2.94 bits per heavy atom. The maximum Gasteiger partial charge on any atom is 0.232 e. The van der Waals surface area contributed by atoms with E-state index in [1.807, 2.05) is 10.6 Å². The van der Waals surface area contributed by atoms with Gasteiger partial charge in [0.2, 0.25) is 5.95 Å². The molecule has 5 nitrogen and oxygen atoms in total. The van der Waals surface area contributed by atoms with E-state index < -0.39 is 0 Å². The monoisotopic (exact) mass is 265 g/mol. The summed E-state index contributed by atoms with van der Waals surface area (Å²) in [6.45, 7) is 5.55. The van der Waals surface area contributed by atoms with Crippen molar-refractivity contribution in [3.8, 4) is 0 Å². The molecule has 2 aromatic rings. The molecule has 0 bridgehead atoms. The van der Waals surface area contributed by atoms with Crippen molar-refractivity contribution in [3.63, 3.8) is 0 Å². The fourth-order valence-corrected chi connectivity index (χ4v) is 2.87. The van der Waals surface area contributed by atoms with E-state index in [0.29, 0.717) is 16.8 Å². The molecule has 1 fully saturated rings. The Morgan fingerprint density at radius 2 is 2.17 bits per heavy atom. The van der Waals surface area contributed by atoms with E-state index in [0.717, 1.165) is 18.4 Å². The Morgan fingerprint density at radius 1 is 1.33 bits per heavy atom. The minimum absolute atomic E-state index is 0.397.